The van der Waals surface area contributed by atoms with Crippen molar-refractivity contribution in [2.24, 2.45) is 5.92 Å². The smallest absolute Gasteiger partial charge is 0.419 e. The number of hydrogen-bond acceptors (Lipinski definition) is 1. The molecule has 0 heterocycles. The molecule has 30 heavy (non-hydrogen) atoms. The largest absolute Gasteiger partial charge is 0.493 e. The number of ether oxygens (including phenoxy) is 1. The number of benzene rings is 2. The molecule has 0 fully saturated rings. The third-order valence-electron chi connectivity index (χ3n) is 5.17. The average molecular weight is 554 g/mol. The Morgan fingerprint density at radius 3 is 2.27 bits per heavy atom. The number of halogens is 6. The Morgan fingerprint density at radius 1 is 1.00 bits per heavy atom. The number of alkyl halides is 5. The first-order valence-corrected chi connectivity index (χ1v) is 12.3. The second-order valence-corrected chi connectivity index (χ2v) is 8.43. The maximum atomic E-state index is 13.7. The molecule has 7 heteroatoms. The molecule has 0 N–H and O–H groups in total. The fraction of sp³-hybridized carbons (Fsp3) is 0.478. The van der Waals surface area contributed by atoms with Gasteiger partial charge >= 0.3 is 6.18 Å². The third-order valence-corrected chi connectivity index (χ3v) is 6.38. The summed E-state index contributed by atoms with van der Waals surface area (Å²) >= 11 is 6.88. The van der Waals surface area contributed by atoms with Gasteiger partial charge in [0, 0.05) is 16.2 Å². The van der Waals surface area contributed by atoms with Crippen molar-refractivity contribution >= 4 is 31.9 Å². The van der Waals surface area contributed by atoms with E-state index in [-0.39, 0.29) is 0 Å². The molecule has 0 aliphatic rings. The first kappa shape index (κ1) is 25.2. The molecule has 2 aromatic carbocycles. The lowest BCUT2D eigenvalue weighted by Gasteiger charge is -2.20. The zero-order chi connectivity index (χ0) is 22.3. The third kappa shape index (κ3) is 6.46. The van der Waals surface area contributed by atoms with Gasteiger partial charge in [-0.25, -0.2) is 4.39 Å². The first-order valence-electron chi connectivity index (χ1n) is 10.0. The van der Waals surface area contributed by atoms with Crippen LogP contribution in [0.3, 0.4) is 0 Å². The summed E-state index contributed by atoms with van der Waals surface area (Å²) in [7, 11) is 0. The molecule has 0 saturated heterocycles. The molecule has 166 valence electrons. The molecular weight excluding hydrogens is 528 g/mol. The van der Waals surface area contributed by atoms with Gasteiger partial charge in [0.25, 0.3) is 0 Å². The van der Waals surface area contributed by atoms with Gasteiger partial charge in [-0.15, -0.1) is 0 Å². The molecule has 0 aliphatic heterocycles. The van der Waals surface area contributed by atoms with Crippen LogP contribution in [0.4, 0.5) is 17.6 Å². The second-order valence-electron chi connectivity index (χ2n) is 7.30. The van der Waals surface area contributed by atoms with Crippen molar-refractivity contribution < 1.29 is 22.3 Å². The molecule has 0 saturated carbocycles. The summed E-state index contributed by atoms with van der Waals surface area (Å²) in [6, 6.07) is 6.80. The van der Waals surface area contributed by atoms with E-state index in [0.29, 0.717) is 34.3 Å². The molecule has 1 atom stereocenters. The second kappa shape index (κ2) is 11.5. The lowest BCUT2D eigenvalue weighted by Crippen LogP contribution is -2.12. The van der Waals surface area contributed by atoms with Gasteiger partial charge in [0.15, 0.2) is 0 Å². The molecule has 1 nitrogen and oxygen atoms in total. The van der Waals surface area contributed by atoms with E-state index in [9.17, 15) is 17.6 Å². The summed E-state index contributed by atoms with van der Waals surface area (Å²) < 4.78 is 59.3. The van der Waals surface area contributed by atoms with E-state index in [0.717, 1.165) is 54.7 Å². The Kier molecular flexibility index (Phi) is 9.67. The molecule has 0 amide bonds. The lowest BCUT2D eigenvalue weighted by molar-refractivity contribution is -0.139. The highest BCUT2D eigenvalue weighted by atomic mass is 79.9. The van der Waals surface area contributed by atoms with Gasteiger partial charge in [-0.3, -0.25) is 0 Å². The van der Waals surface area contributed by atoms with Crippen molar-refractivity contribution in [3.63, 3.8) is 0 Å². The Hall–Kier alpha value is -1.08. The van der Waals surface area contributed by atoms with Crippen LogP contribution >= 0.6 is 31.9 Å². The van der Waals surface area contributed by atoms with E-state index in [1.165, 1.54) is 6.07 Å². The predicted octanol–water partition coefficient (Wildman–Crippen LogP) is 8.90. The quantitative estimate of drug-likeness (QED) is 0.211. The highest BCUT2D eigenvalue weighted by molar-refractivity contribution is 9.08. The normalized spacial score (nSPS) is 12.8. The van der Waals surface area contributed by atoms with E-state index >= 15 is 0 Å². The Labute approximate surface area is 192 Å². The summed E-state index contributed by atoms with van der Waals surface area (Å²) in [4.78, 5) is 0. The zero-order valence-electron chi connectivity index (χ0n) is 17.1. The van der Waals surface area contributed by atoms with Crippen molar-refractivity contribution in [3.05, 3.63) is 52.8 Å². The van der Waals surface area contributed by atoms with Crippen molar-refractivity contribution in [1.82, 2.24) is 0 Å². The number of hydrogen-bond donors (Lipinski definition) is 0. The minimum Gasteiger partial charge on any atom is -0.493 e. The van der Waals surface area contributed by atoms with Crippen molar-refractivity contribution in [3.8, 4) is 16.9 Å². The SMILES string of the molecule is CCCCC(CC)COc1cc(CBr)c(-c2ccc(F)c(C(F)(F)F)c2)cc1CBr. The van der Waals surface area contributed by atoms with Gasteiger partial charge in [-0.05, 0) is 53.3 Å². The van der Waals surface area contributed by atoms with Gasteiger partial charge < -0.3 is 4.74 Å². The molecule has 0 bridgehead atoms. The summed E-state index contributed by atoms with van der Waals surface area (Å²) in [6.07, 6.45) is -0.309. The van der Waals surface area contributed by atoms with Crippen molar-refractivity contribution in [2.45, 2.75) is 56.4 Å². The van der Waals surface area contributed by atoms with Crippen LogP contribution in [-0.4, -0.2) is 6.61 Å². The minimum atomic E-state index is -4.75. The van der Waals surface area contributed by atoms with Gasteiger partial charge in [0.2, 0.25) is 0 Å². The van der Waals surface area contributed by atoms with Crippen LogP contribution in [0.25, 0.3) is 11.1 Å². The maximum absolute atomic E-state index is 13.7. The van der Waals surface area contributed by atoms with Crippen LogP contribution in [0.5, 0.6) is 5.75 Å². The van der Waals surface area contributed by atoms with E-state index < -0.39 is 17.6 Å². The standard InChI is InChI=1S/C23H26Br2F4O/c1-3-5-6-15(4-2)14-30-22-11-17(12-24)19(9-18(22)13-25)16-7-8-21(26)20(10-16)23(27,28)29/h7-11,15H,3-6,12-14H2,1-2H3. The van der Waals surface area contributed by atoms with Crippen molar-refractivity contribution in [2.75, 3.05) is 6.61 Å². The van der Waals surface area contributed by atoms with Crippen LogP contribution in [0.15, 0.2) is 30.3 Å². The van der Waals surface area contributed by atoms with Crippen LogP contribution in [0, 0.1) is 11.7 Å². The predicted molar refractivity (Wildman–Crippen MR) is 121 cm³/mol. The van der Waals surface area contributed by atoms with Gasteiger partial charge in [-0.2, -0.15) is 13.2 Å². The van der Waals surface area contributed by atoms with E-state index in [1.54, 1.807) is 0 Å². The molecule has 0 aliphatic carbocycles. The number of rotatable bonds is 10. The Morgan fingerprint density at radius 2 is 1.70 bits per heavy atom. The monoisotopic (exact) mass is 552 g/mol. The summed E-state index contributed by atoms with van der Waals surface area (Å²) in [5.41, 5.74) is 1.32. The van der Waals surface area contributed by atoms with Crippen LogP contribution in [-0.2, 0) is 16.8 Å². The van der Waals surface area contributed by atoms with Crippen LogP contribution < -0.4 is 4.74 Å². The fourth-order valence-corrected chi connectivity index (χ4v) is 4.20. The molecular formula is C23H26Br2F4O. The van der Waals surface area contributed by atoms with E-state index in [4.69, 9.17) is 4.74 Å². The summed E-state index contributed by atoms with van der Waals surface area (Å²) in [5, 5.41) is 0.935. The molecule has 0 radical (unpaired) electrons. The fourth-order valence-electron chi connectivity index (χ4n) is 3.30. The maximum Gasteiger partial charge on any atom is 0.419 e. The van der Waals surface area contributed by atoms with Crippen LogP contribution in [0.2, 0.25) is 0 Å². The van der Waals surface area contributed by atoms with E-state index in [2.05, 4.69) is 45.7 Å². The highest BCUT2D eigenvalue weighted by Gasteiger charge is 2.34. The van der Waals surface area contributed by atoms with Crippen molar-refractivity contribution in [1.29, 1.82) is 0 Å². The molecule has 0 aromatic heterocycles. The Balaban J connectivity index is 2.40. The minimum absolute atomic E-state index is 0.321. The highest BCUT2D eigenvalue weighted by Crippen LogP contribution is 2.38. The Bertz CT molecular complexity index is 837. The molecule has 1 unspecified atom stereocenters. The van der Waals surface area contributed by atoms with Gasteiger partial charge in [0.05, 0.1) is 12.2 Å². The molecule has 0 spiro atoms. The lowest BCUT2D eigenvalue weighted by atomic mass is 9.96. The summed E-state index contributed by atoms with van der Waals surface area (Å²) in [5.74, 6) is -0.0881. The number of unbranched alkanes of at least 4 members (excludes halogenated alkanes) is 1. The van der Waals surface area contributed by atoms with Gasteiger partial charge in [-0.1, -0.05) is 71.0 Å². The van der Waals surface area contributed by atoms with Gasteiger partial charge in [0.1, 0.15) is 11.6 Å². The zero-order valence-corrected chi connectivity index (χ0v) is 20.3. The molecule has 2 rings (SSSR count). The van der Waals surface area contributed by atoms with E-state index in [1.807, 2.05) is 12.1 Å². The topological polar surface area (TPSA) is 9.23 Å². The van der Waals surface area contributed by atoms with Crippen LogP contribution in [0.1, 0.15) is 56.2 Å². The summed E-state index contributed by atoms with van der Waals surface area (Å²) in [6.45, 7) is 4.92. The first-order chi connectivity index (χ1) is 14.2. The molecule has 2 aromatic rings. The average Bonchev–Trinajstić information content (AvgIpc) is 2.72.